The Labute approximate surface area is 215 Å². The summed E-state index contributed by atoms with van der Waals surface area (Å²) in [5.41, 5.74) is -1.30. The molecule has 0 aromatic heterocycles. The van der Waals surface area contributed by atoms with Crippen molar-refractivity contribution in [3.8, 4) is 5.75 Å². The van der Waals surface area contributed by atoms with Crippen LogP contribution in [-0.4, -0.2) is 36.1 Å². The average molecular weight is 522 g/mol. The van der Waals surface area contributed by atoms with Gasteiger partial charge in [-0.1, -0.05) is 65.7 Å². The number of halogens is 2. The lowest BCUT2D eigenvalue weighted by atomic mass is 9.77. The van der Waals surface area contributed by atoms with Crippen molar-refractivity contribution >= 4 is 52.3 Å². The Morgan fingerprint density at radius 2 is 1.53 bits per heavy atom. The predicted octanol–water partition coefficient (Wildman–Crippen LogP) is 4.70. The summed E-state index contributed by atoms with van der Waals surface area (Å²) in [5.74, 6) is -4.72. The number of amides is 2. The van der Waals surface area contributed by atoms with E-state index in [0.29, 0.717) is 11.3 Å². The van der Waals surface area contributed by atoms with Crippen LogP contribution in [0.4, 0.5) is 5.69 Å². The van der Waals surface area contributed by atoms with Crippen molar-refractivity contribution in [1.82, 2.24) is 0 Å². The van der Waals surface area contributed by atoms with Crippen LogP contribution in [0.3, 0.4) is 0 Å². The number of hydrogen-bond acceptors (Lipinski definition) is 6. The Bertz CT molecular complexity index is 1470. The molecule has 9 heteroatoms. The fraction of sp³-hybridized carbons (Fsp3) is 0.185. The largest absolute Gasteiger partial charge is 0.497 e. The van der Waals surface area contributed by atoms with Gasteiger partial charge in [-0.05, 0) is 18.2 Å². The second kappa shape index (κ2) is 8.00. The lowest BCUT2D eigenvalue weighted by Crippen LogP contribution is -2.51. The Morgan fingerprint density at radius 3 is 2.19 bits per heavy atom. The van der Waals surface area contributed by atoms with Crippen LogP contribution < -0.4 is 9.64 Å². The molecule has 2 heterocycles. The van der Waals surface area contributed by atoms with E-state index in [2.05, 4.69) is 0 Å². The van der Waals surface area contributed by atoms with Crippen LogP contribution in [0, 0.1) is 11.8 Å². The van der Waals surface area contributed by atoms with Crippen molar-refractivity contribution in [2.75, 3.05) is 12.0 Å². The molecule has 7 nitrogen and oxygen atoms in total. The van der Waals surface area contributed by atoms with E-state index in [1.54, 1.807) is 54.6 Å². The van der Waals surface area contributed by atoms with E-state index >= 15 is 0 Å². The molecule has 3 aromatic rings. The van der Waals surface area contributed by atoms with Crippen LogP contribution in [0.5, 0.6) is 5.75 Å². The second-order valence-corrected chi connectivity index (χ2v) is 9.62. The Hall–Kier alpha value is -3.52. The molecule has 36 heavy (non-hydrogen) atoms. The minimum atomic E-state index is -2.19. The molecule has 3 aliphatic rings. The van der Waals surface area contributed by atoms with Crippen molar-refractivity contribution in [3.05, 3.63) is 93.5 Å². The number of nitrogens with zero attached hydrogens (tertiary/aromatic N) is 1. The molecule has 1 spiro atoms. The highest BCUT2D eigenvalue weighted by Crippen LogP contribution is 2.58. The summed E-state index contributed by atoms with van der Waals surface area (Å²) in [6.45, 7) is 0. The van der Waals surface area contributed by atoms with Crippen LogP contribution in [0.1, 0.15) is 32.4 Å². The highest BCUT2D eigenvalue weighted by molar-refractivity contribution is 6.42. The van der Waals surface area contributed by atoms with E-state index in [9.17, 15) is 19.2 Å². The summed E-state index contributed by atoms with van der Waals surface area (Å²) in [6, 6.07) is 17.5. The van der Waals surface area contributed by atoms with Crippen LogP contribution in [-0.2, 0) is 14.3 Å². The number of anilines is 1. The summed E-state index contributed by atoms with van der Waals surface area (Å²) in [7, 11) is 1.47. The standard InChI is InChI=1S/C27H17Cl2NO6/c1-35-14-7-4-6-13(12-14)30-25(33)19-20(26(30)34)27(23(31)15-8-2-3-9-16(15)24(27)32)36-22(19)17-10-5-11-18(28)21(17)29/h2-12,19-20,22H,1H3/t19-,20-,22+/m0/s1. The fourth-order valence-corrected chi connectivity index (χ4v) is 5.96. The maximum Gasteiger partial charge on any atom is 0.241 e. The van der Waals surface area contributed by atoms with E-state index in [1.807, 2.05) is 0 Å². The summed E-state index contributed by atoms with van der Waals surface area (Å²) >= 11 is 12.7. The topological polar surface area (TPSA) is 90.0 Å². The molecule has 2 fully saturated rings. The minimum absolute atomic E-state index is 0.121. The van der Waals surface area contributed by atoms with Gasteiger partial charge in [0, 0.05) is 22.8 Å². The number of fused-ring (bicyclic) bond motifs is 3. The lowest BCUT2D eigenvalue weighted by Gasteiger charge is -2.27. The van der Waals surface area contributed by atoms with Gasteiger partial charge in [0.2, 0.25) is 29.0 Å². The molecule has 3 aromatic carbocycles. The van der Waals surface area contributed by atoms with Crippen LogP contribution in [0.2, 0.25) is 10.0 Å². The number of carbonyl (C=O) groups excluding carboxylic acids is 4. The van der Waals surface area contributed by atoms with E-state index in [1.165, 1.54) is 19.2 Å². The number of ether oxygens (including phenoxy) is 2. The minimum Gasteiger partial charge on any atom is -0.497 e. The summed E-state index contributed by atoms with van der Waals surface area (Å²) in [4.78, 5) is 56.4. The lowest BCUT2D eigenvalue weighted by molar-refractivity contribution is -0.127. The van der Waals surface area contributed by atoms with Crippen molar-refractivity contribution in [2.45, 2.75) is 11.7 Å². The number of Topliss-reactive ketones (excluding diaryl/α,β-unsaturated/α-hetero) is 2. The molecule has 2 saturated heterocycles. The summed E-state index contributed by atoms with van der Waals surface area (Å²) in [5, 5.41) is 0.333. The van der Waals surface area contributed by atoms with Crippen LogP contribution in [0.15, 0.2) is 66.7 Å². The number of rotatable bonds is 3. The third-order valence-electron chi connectivity index (χ3n) is 7.12. The molecule has 0 unspecified atom stereocenters. The van der Waals surface area contributed by atoms with Gasteiger partial charge in [-0.3, -0.25) is 19.2 Å². The molecule has 2 amide bonds. The zero-order valence-electron chi connectivity index (χ0n) is 18.7. The third kappa shape index (κ3) is 2.85. The molecule has 0 bridgehead atoms. The second-order valence-electron chi connectivity index (χ2n) is 8.84. The molecular weight excluding hydrogens is 505 g/mol. The predicted molar refractivity (Wildman–Crippen MR) is 131 cm³/mol. The van der Waals surface area contributed by atoms with E-state index < -0.39 is 46.9 Å². The molecule has 3 atom stereocenters. The van der Waals surface area contributed by atoms with Crippen LogP contribution in [0.25, 0.3) is 0 Å². The quantitative estimate of drug-likeness (QED) is 0.366. The Balaban J connectivity index is 1.56. The number of hydrogen-bond donors (Lipinski definition) is 0. The average Bonchev–Trinajstić information content (AvgIpc) is 3.45. The van der Waals surface area contributed by atoms with Gasteiger partial charge in [0.05, 0.1) is 40.8 Å². The van der Waals surface area contributed by atoms with Crippen LogP contribution >= 0.6 is 23.2 Å². The molecule has 180 valence electrons. The molecule has 2 aliphatic heterocycles. The van der Waals surface area contributed by atoms with Gasteiger partial charge in [0.1, 0.15) is 5.75 Å². The molecule has 1 aliphatic carbocycles. The number of carbonyl (C=O) groups is 4. The first kappa shape index (κ1) is 22.9. The Kier molecular flexibility index (Phi) is 5.09. The smallest absolute Gasteiger partial charge is 0.241 e. The van der Waals surface area contributed by atoms with E-state index in [-0.39, 0.29) is 26.9 Å². The molecule has 0 saturated carbocycles. The van der Waals surface area contributed by atoms with E-state index in [0.717, 1.165) is 4.90 Å². The third-order valence-corrected chi connectivity index (χ3v) is 7.95. The summed E-state index contributed by atoms with van der Waals surface area (Å²) < 4.78 is 11.5. The number of ketones is 2. The number of methoxy groups -OCH3 is 1. The van der Waals surface area contributed by atoms with Crippen molar-refractivity contribution in [2.24, 2.45) is 11.8 Å². The zero-order chi connectivity index (χ0) is 25.4. The monoisotopic (exact) mass is 521 g/mol. The molecular formula is C27H17Cl2NO6. The molecule has 6 rings (SSSR count). The first-order valence-electron chi connectivity index (χ1n) is 11.1. The van der Waals surface area contributed by atoms with Gasteiger partial charge in [0.25, 0.3) is 0 Å². The van der Waals surface area contributed by atoms with Gasteiger partial charge in [-0.2, -0.15) is 0 Å². The highest BCUT2D eigenvalue weighted by atomic mass is 35.5. The normalized spacial score (nSPS) is 24.0. The van der Waals surface area contributed by atoms with Crippen molar-refractivity contribution in [3.63, 3.8) is 0 Å². The first-order chi connectivity index (χ1) is 17.3. The Morgan fingerprint density at radius 1 is 0.861 bits per heavy atom. The van der Waals surface area contributed by atoms with Gasteiger partial charge in [-0.25, -0.2) is 4.90 Å². The van der Waals surface area contributed by atoms with Gasteiger partial charge in [0.15, 0.2) is 0 Å². The number of benzene rings is 3. The SMILES string of the molecule is COc1cccc(N2C(=O)[C@@H]3[C@@H](c4cccc(Cl)c4Cl)OC4(C(=O)c5ccccc5C4=O)[C@@H]3C2=O)c1. The van der Waals surface area contributed by atoms with Crippen molar-refractivity contribution in [1.29, 1.82) is 0 Å². The number of imide groups is 1. The van der Waals surface area contributed by atoms with Gasteiger partial charge in [-0.15, -0.1) is 0 Å². The van der Waals surface area contributed by atoms with E-state index in [4.69, 9.17) is 32.7 Å². The molecule has 0 N–H and O–H groups in total. The fourth-order valence-electron chi connectivity index (χ4n) is 5.54. The highest BCUT2D eigenvalue weighted by Gasteiger charge is 2.75. The maximum absolute atomic E-state index is 14.0. The zero-order valence-corrected chi connectivity index (χ0v) is 20.2. The molecule has 0 radical (unpaired) electrons. The van der Waals surface area contributed by atoms with Gasteiger partial charge < -0.3 is 9.47 Å². The summed E-state index contributed by atoms with van der Waals surface area (Å²) in [6.07, 6.45) is -1.16. The van der Waals surface area contributed by atoms with Gasteiger partial charge >= 0.3 is 0 Å². The van der Waals surface area contributed by atoms with Crippen molar-refractivity contribution < 1.29 is 28.7 Å². The maximum atomic E-state index is 14.0. The first-order valence-corrected chi connectivity index (χ1v) is 11.9.